The minimum atomic E-state index is -0.695. The highest BCUT2D eigenvalue weighted by atomic mass is 16.6. The van der Waals surface area contributed by atoms with Crippen LogP contribution >= 0.6 is 0 Å². The van der Waals surface area contributed by atoms with Gasteiger partial charge in [0.15, 0.2) is 11.5 Å². The predicted octanol–water partition coefficient (Wildman–Crippen LogP) is 3.63. The number of carbonyl (C=O) groups excluding carboxylic acids is 3. The molecule has 0 radical (unpaired) electrons. The zero-order chi connectivity index (χ0) is 25.5. The quantitative estimate of drug-likeness (QED) is 0.639. The zero-order valence-electron chi connectivity index (χ0n) is 21.1. The maximum atomic E-state index is 13.3. The molecule has 5 rings (SSSR count). The van der Waals surface area contributed by atoms with Gasteiger partial charge in [-0.25, -0.2) is 0 Å². The summed E-state index contributed by atoms with van der Waals surface area (Å²) in [6.45, 7) is 8.07. The van der Waals surface area contributed by atoms with E-state index in [1.54, 1.807) is 15.9 Å². The highest BCUT2D eigenvalue weighted by Crippen LogP contribution is 2.44. The second kappa shape index (κ2) is 9.15. The van der Waals surface area contributed by atoms with E-state index in [-0.39, 0.29) is 23.1 Å². The molecular formula is C28H33N3O5. The van der Waals surface area contributed by atoms with Crippen LogP contribution in [0.15, 0.2) is 42.5 Å². The number of para-hydroxylation sites is 1. The molecule has 1 N–H and O–H groups in total. The number of hydrogen-bond donors (Lipinski definition) is 1. The maximum absolute atomic E-state index is 13.3. The van der Waals surface area contributed by atoms with E-state index in [0.717, 1.165) is 17.1 Å². The number of benzene rings is 2. The van der Waals surface area contributed by atoms with Gasteiger partial charge in [0.1, 0.15) is 18.9 Å². The fraction of sp³-hybridized carbons (Fsp3) is 0.464. The summed E-state index contributed by atoms with van der Waals surface area (Å²) in [6, 6.07) is 13.2. The molecule has 1 fully saturated rings. The van der Waals surface area contributed by atoms with Crippen LogP contribution in [0.3, 0.4) is 0 Å². The number of hydrogen-bond acceptors (Lipinski definition) is 5. The lowest BCUT2D eigenvalue weighted by Gasteiger charge is -2.48. The third kappa shape index (κ3) is 4.18. The lowest BCUT2D eigenvalue weighted by atomic mass is 9.84. The summed E-state index contributed by atoms with van der Waals surface area (Å²) in [5.74, 6) is 1.37. The Bertz CT molecular complexity index is 1210. The lowest BCUT2D eigenvalue weighted by Crippen LogP contribution is -2.62. The number of carbonyl (C=O) groups is 3. The van der Waals surface area contributed by atoms with Gasteiger partial charge < -0.3 is 19.7 Å². The van der Waals surface area contributed by atoms with Crippen molar-refractivity contribution in [3.8, 4) is 11.5 Å². The van der Waals surface area contributed by atoms with E-state index >= 15 is 0 Å². The van der Waals surface area contributed by atoms with Gasteiger partial charge in [0.05, 0.1) is 11.3 Å². The van der Waals surface area contributed by atoms with Gasteiger partial charge in [-0.2, -0.15) is 0 Å². The number of nitrogens with one attached hydrogen (secondary N) is 1. The van der Waals surface area contributed by atoms with Crippen molar-refractivity contribution in [1.29, 1.82) is 0 Å². The molecule has 190 valence electrons. The van der Waals surface area contributed by atoms with E-state index in [0.29, 0.717) is 63.2 Å². The maximum Gasteiger partial charge on any atom is 0.257 e. The molecule has 8 nitrogen and oxygen atoms in total. The average Bonchev–Trinajstić information content (AvgIpc) is 3.19. The van der Waals surface area contributed by atoms with E-state index in [9.17, 15) is 14.4 Å². The van der Waals surface area contributed by atoms with Crippen LogP contribution in [0.25, 0.3) is 0 Å². The van der Waals surface area contributed by atoms with Crippen molar-refractivity contribution in [2.45, 2.75) is 57.5 Å². The average molecular weight is 492 g/mol. The van der Waals surface area contributed by atoms with E-state index in [4.69, 9.17) is 9.47 Å². The van der Waals surface area contributed by atoms with Crippen molar-refractivity contribution in [2.24, 2.45) is 0 Å². The van der Waals surface area contributed by atoms with Crippen molar-refractivity contribution in [1.82, 2.24) is 10.2 Å². The number of fused-ring (bicyclic) bond motifs is 4. The largest absolute Gasteiger partial charge is 0.486 e. The second-order valence-corrected chi connectivity index (χ2v) is 10.5. The highest BCUT2D eigenvalue weighted by molar-refractivity contribution is 6.10. The molecule has 2 aromatic rings. The molecule has 3 heterocycles. The molecule has 3 amide bonds. The number of nitrogens with zero attached hydrogens (tertiary/aromatic N) is 2. The summed E-state index contributed by atoms with van der Waals surface area (Å²) in [4.78, 5) is 42.3. The SMILES string of the molecule is CC(C)(CNC(=O)CCCN1C(=O)c2ccccc2N2C(=O)CCC12C)c1ccc2c(c1)OCCO2. The molecule has 1 atom stereocenters. The molecule has 8 heteroatoms. The zero-order valence-corrected chi connectivity index (χ0v) is 21.1. The van der Waals surface area contributed by atoms with Gasteiger partial charge in [0.2, 0.25) is 11.8 Å². The van der Waals surface area contributed by atoms with Crippen molar-refractivity contribution < 1.29 is 23.9 Å². The Morgan fingerprint density at radius 2 is 1.83 bits per heavy atom. The summed E-state index contributed by atoms with van der Waals surface area (Å²) in [5.41, 5.74) is 1.29. The van der Waals surface area contributed by atoms with Gasteiger partial charge in [0.25, 0.3) is 5.91 Å². The Kier molecular flexibility index (Phi) is 6.14. The van der Waals surface area contributed by atoms with Gasteiger partial charge in [0, 0.05) is 31.3 Å². The van der Waals surface area contributed by atoms with Crippen LogP contribution in [-0.4, -0.2) is 54.6 Å². The van der Waals surface area contributed by atoms with Crippen LogP contribution in [0.2, 0.25) is 0 Å². The smallest absolute Gasteiger partial charge is 0.257 e. The minimum absolute atomic E-state index is 0.0292. The van der Waals surface area contributed by atoms with Gasteiger partial charge in [-0.1, -0.05) is 32.0 Å². The summed E-state index contributed by atoms with van der Waals surface area (Å²) in [7, 11) is 0. The number of rotatable bonds is 7. The van der Waals surface area contributed by atoms with Gasteiger partial charge in [-0.3, -0.25) is 19.3 Å². The molecule has 0 saturated carbocycles. The Morgan fingerprint density at radius 1 is 1.08 bits per heavy atom. The second-order valence-electron chi connectivity index (χ2n) is 10.5. The third-order valence-corrected chi connectivity index (χ3v) is 7.58. The monoisotopic (exact) mass is 491 g/mol. The molecule has 1 unspecified atom stereocenters. The van der Waals surface area contributed by atoms with Crippen LogP contribution in [0.1, 0.15) is 62.4 Å². The van der Waals surface area contributed by atoms with Crippen LogP contribution < -0.4 is 19.7 Å². The summed E-state index contributed by atoms with van der Waals surface area (Å²) < 4.78 is 11.3. The van der Waals surface area contributed by atoms with Crippen molar-refractivity contribution in [3.05, 3.63) is 53.6 Å². The van der Waals surface area contributed by atoms with Gasteiger partial charge in [-0.15, -0.1) is 0 Å². The lowest BCUT2D eigenvalue weighted by molar-refractivity contribution is -0.121. The first kappa shape index (κ1) is 24.2. The standard InChI is InChI=1S/C28H33N3O5/c1-27(2,19-10-11-22-23(17-19)36-16-15-35-22)18-29-24(32)9-6-14-30-26(34)20-7-4-5-8-21(20)31-25(33)12-13-28(30,31)3/h4-5,7-8,10-11,17H,6,9,12-16,18H2,1-3H3,(H,29,32). The van der Waals surface area contributed by atoms with E-state index in [2.05, 4.69) is 19.2 Å². The Labute approximate surface area is 211 Å². The first-order valence-corrected chi connectivity index (χ1v) is 12.6. The Morgan fingerprint density at radius 3 is 2.64 bits per heavy atom. The molecular weight excluding hydrogens is 458 g/mol. The fourth-order valence-corrected chi connectivity index (χ4v) is 5.41. The molecule has 0 aromatic heterocycles. The summed E-state index contributed by atoms with van der Waals surface area (Å²) in [6.07, 6.45) is 1.81. The van der Waals surface area contributed by atoms with E-state index in [1.165, 1.54) is 0 Å². The predicted molar refractivity (Wildman–Crippen MR) is 135 cm³/mol. The molecule has 36 heavy (non-hydrogen) atoms. The Hall–Kier alpha value is -3.55. The third-order valence-electron chi connectivity index (χ3n) is 7.58. The summed E-state index contributed by atoms with van der Waals surface area (Å²) in [5, 5.41) is 3.05. The first-order chi connectivity index (χ1) is 17.2. The molecule has 0 aliphatic carbocycles. The highest BCUT2D eigenvalue weighted by Gasteiger charge is 2.52. The van der Waals surface area contributed by atoms with Crippen LogP contribution in [0.4, 0.5) is 5.69 Å². The van der Waals surface area contributed by atoms with Crippen LogP contribution in [0.5, 0.6) is 11.5 Å². The number of ether oxygens (including phenoxy) is 2. The fourth-order valence-electron chi connectivity index (χ4n) is 5.41. The normalized spacial score (nSPS) is 20.8. The molecule has 0 bridgehead atoms. The van der Waals surface area contributed by atoms with Gasteiger partial charge >= 0.3 is 0 Å². The van der Waals surface area contributed by atoms with Gasteiger partial charge in [-0.05, 0) is 49.6 Å². The number of amides is 3. The van der Waals surface area contributed by atoms with Crippen molar-refractivity contribution in [2.75, 3.05) is 31.2 Å². The topological polar surface area (TPSA) is 88.2 Å². The molecule has 3 aliphatic heterocycles. The Balaban J connectivity index is 1.19. The molecule has 0 spiro atoms. The first-order valence-electron chi connectivity index (χ1n) is 12.6. The van der Waals surface area contributed by atoms with Crippen LogP contribution in [0, 0.1) is 0 Å². The molecule has 2 aromatic carbocycles. The van der Waals surface area contributed by atoms with E-state index < -0.39 is 5.66 Å². The van der Waals surface area contributed by atoms with Crippen molar-refractivity contribution >= 4 is 23.4 Å². The van der Waals surface area contributed by atoms with E-state index in [1.807, 2.05) is 43.3 Å². The van der Waals surface area contributed by atoms with Crippen molar-refractivity contribution in [3.63, 3.8) is 0 Å². The minimum Gasteiger partial charge on any atom is -0.486 e. The molecule has 3 aliphatic rings. The summed E-state index contributed by atoms with van der Waals surface area (Å²) >= 11 is 0. The van der Waals surface area contributed by atoms with Crippen LogP contribution in [-0.2, 0) is 15.0 Å². The molecule has 1 saturated heterocycles. The number of anilines is 1.